The Balaban J connectivity index is 0.977. The Bertz CT molecular complexity index is 4790. The summed E-state index contributed by atoms with van der Waals surface area (Å²) in [4.78, 5) is 34.5. The molecule has 19 nitrogen and oxygen atoms in total. The van der Waals surface area contributed by atoms with Crippen LogP contribution in [0.4, 0.5) is 0 Å². The molecule has 2 fully saturated rings. The van der Waals surface area contributed by atoms with Crippen molar-refractivity contribution in [3.8, 4) is 40.4 Å². The number of aryl methyl sites for hydroxylation is 1. The van der Waals surface area contributed by atoms with Gasteiger partial charge in [-0.2, -0.15) is 25.3 Å². The van der Waals surface area contributed by atoms with Crippen LogP contribution in [0.1, 0.15) is 85.1 Å². The standard InChI is InChI=1S/C56H44N8O11S3/c1-55-18-16-35-34-11-6-30(65)21-29(34)5-10-36(35)46(55)17-20-56(55,66)19-15-27-3-2-4-28-22-41-45(26-40(27)28)54-62-49-37-12-7-31(76(67,68)69)23-42(37)51(59-49)58-48-39-14-9-33(78(73,74)75)25-44(39)53(61-48)64-52-43-24-32(77(70,71)72)8-13-38(43)47(60-52)57-50(41)63-54/h2-4,6-9,11-14,21-26,35-37,45-46,65-66H,5,10,16-18,20H2,1H3,(H,59,62,63)(H,67,68,69)(H,70,71,72)(H,73,74,75)(H,57,58,60,61,64)/t35-,36-,37?,45?,46+,55+,56-/m1/s1. The summed E-state index contributed by atoms with van der Waals surface area (Å²) in [5.74, 6) is 7.11. The van der Waals surface area contributed by atoms with E-state index in [1.807, 2.05) is 36.4 Å². The smallest absolute Gasteiger partial charge is 0.294 e. The molecule has 4 aromatic carbocycles. The molecule has 7 atom stereocenters. The lowest BCUT2D eigenvalue weighted by molar-refractivity contribution is -0.0647. The Labute approximate surface area is 444 Å². The summed E-state index contributed by atoms with van der Waals surface area (Å²) in [7, 11) is -14.2. The molecule has 0 saturated heterocycles. The van der Waals surface area contributed by atoms with E-state index in [0.29, 0.717) is 34.8 Å². The van der Waals surface area contributed by atoms with Crippen LogP contribution < -0.4 is 21.4 Å². The maximum Gasteiger partial charge on any atom is 0.294 e. The van der Waals surface area contributed by atoms with Crippen LogP contribution in [0.2, 0.25) is 0 Å². The molecule has 392 valence electrons. The van der Waals surface area contributed by atoms with Gasteiger partial charge in [-0.1, -0.05) is 49.1 Å². The number of hydrogen-bond acceptors (Lipinski definition) is 14. The summed E-state index contributed by atoms with van der Waals surface area (Å²) in [6, 6.07) is 19.0. The quantitative estimate of drug-likeness (QED) is 0.0951. The van der Waals surface area contributed by atoms with Gasteiger partial charge < -0.3 is 20.2 Å². The molecule has 5 heterocycles. The van der Waals surface area contributed by atoms with Crippen molar-refractivity contribution in [3.05, 3.63) is 146 Å². The molecular formula is C56H44N8O11S3. The van der Waals surface area contributed by atoms with Crippen molar-refractivity contribution in [3.63, 3.8) is 0 Å². The highest BCUT2D eigenvalue weighted by atomic mass is 32.2. The Morgan fingerprint density at radius 2 is 1.49 bits per heavy atom. The summed E-state index contributed by atoms with van der Waals surface area (Å²) < 4.78 is 106. The summed E-state index contributed by atoms with van der Waals surface area (Å²) in [6.07, 6.45) is 13.0. The van der Waals surface area contributed by atoms with Gasteiger partial charge in [0.1, 0.15) is 39.8 Å². The van der Waals surface area contributed by atoms with Crippen molar-refractivity contribution in [1.82, 2.24) is 39.9 Å². The average Bonchev–Trinajstić information content (AvgIpc) is 4.36. The summed E-state index contributed by atoms with van der Waals surface area (Å²) in [5.41, 5.74) is 3.14. The number of rotatable bonds is 3. The van der Waals surface area contributed by atoms with Crippen LogP contribution in [0, 0.1) is 29.1 Å². The highest BCUT2D eigenvalue weighted by Crippen LogP contribution is 2.64. The number of benzene rings is 4. The minimum absolute atomic E-state index is 0.0106. The second-order valence-corrected chi connectivity index (χ2v) is 25.6. The first-order valence-corrected chi connectivity index (χ1v) is 29.5. The molecular weight excluding hydrogens is 1060 g/mol. The van der Waals surface area contributed by atoms with Crippen molar-refractivity contribution in [1.29, 1.82) is 0 Å². The third-order valence-corrected chi connectivity index (χ3v) is 19.8. The third-order valence-electron chi connectivity index (χ3n) is 17.2. The van der Waals surface area contributed by atoms with E-state index in [9.17, 15) is 49.1 Å². The molecule has 2 aromatic heterocycles. The number of aromatic amines is 2. The molecule has 7 N–H and O–H groups in total. The lowest BCUT2D eigenvalue weighted by Crippen LogP contribution is -2.50. The first kappa shape index (κ1) is 48.6. The van der Waals surface area contributed by atoms with Gasteiger partial charge >= 0.3 is 0 Å². The van der Waals surface area contributed by atoms with E-state index in [1.165, 1.54) is 47.5 Å². The summed E-state index contributed by atoms with van der Waals surface area (Å²) in [5, 5.41) is 25.0. The zero-order chi connectivity index (χ0) is 54.0. The van der Waals surface area contributed by atoms with Gasteiger partial charge in [-0.3, -0.25) is 13.7 Å². The molecule has 3 aliphatic heterocycles. The van der Waals surface area contributed by atoms with Crippen LogP contribution in [0.5, 0.6) is 5.75 Å². The van der Waals surface area contributed by atoms with Gasteiger partial charge in [0.05, 0.1) is 26.5 Å². The SMILES string of the molecule is C[C@]12CC[C@@H]3c4ccc(O)cc4CC[C@H]3[C@@H]1CC[C@]2(O)C#Cc1cccc2c1=CC1C(=c3nc1nc1[nH]c(nc4nc(nc5[nH]c(n3)c3ccc(S(=O)(=O)O)cc53)-c3cc(S(=O)(=O)O)ccc3-4)=C3C=C(S(=O)(=O)O)C=CC31)C=2. The second kappa shape index (κ2) is 16.6. The molecule has 2 unspecified atom stereocenters. The van der Waals surface area contributed by atoms with Gasteiger partial charge in [0, 0.05) is 44.0 Å². The van der Waals surface area contributed by atoms with Gasteiger partial charge in [-0.05, 0) is 151 Å². The highest BCUT2D eigenvalue weighted by molar-refractivity contribution is 7.90. The number of phenols is 1. The Kier molecular flexibility index (Phi) is 10.4. The Morgan fingerprint density at radius 1 is 0.705 bits per heavy atom. The predicted octanol–water partition coefficient (Wildman–Crippen LogP) is 4.43. The molecule has 2 saturated carbocycles. The molecule has 6 aromatic rings. The fourth-order valence-corrected chi connectivity index (χ4v) is 14.9. The number of nitrogens with zero attached hydrogens (tertiary/aromatic N) is 6. The van der Waals surface area contributed by atoms with E-state index in [2.05, 4.69) is 39.8 Å². The van der Waals surface area contributed by atoms with Gasteiger partial charge in [0.25, 0.3) is 30.4 Å². The van der Waals surface area contributed by atoms with Crippen molar-refractivity contribution in [2.75, 3.05) is 0 Å². The number of allylic oxidation sites excluding steroid dienone is 3. The number of phenolic OH excluding ortho intramolecular Hbond substituents is 1. The lowest BCUT2D eigenvalue weighted by Gasteiger charge is -2.52. The van der Waals surface area contributed by atoms with Gasteiger partial charge in [-0.25, -0.2) is 29.9 Å². The van der Waals surface area contributed by atoms with E-state index in [4.69, 9.17) is 24.9 Å². The topological polar surface area (TPSA) is 312 Å². The van der Waals surface area contributed by atoms with Crippen molar-refractivity contribution in [2.24, 2.45) is 17.3 Å². The fourth-order valence-electron chi connectivity index (χ4n) is 13.4. The van der Waals surface area contributed by atoms with Gasteiger partial charge in [-0.15, -0.1) is 0 Å². The van der Waals surface area contributed by atoms with Crippen molar-refractivity contribution in [2.45, 2.75) is 78.6 Å². The van der Waals surface area contributed by atoms with E-state index in [0.717, 1.165) is 54.7 Å². The number of fused-ring (bicyclic) bond motifs is 24. The zero-order valence-corrected chi connectivity index (χ0v) is 43.5. The summed E-state index contributed by atoms with van der Waals surface area (Å²) >= 11 is 0. The Hall–Kier alpha value is -7.75. The molecule has 8 aliphatic rings. The van der Waals surface area contributed by atoms with Gasteiger partial charge in [0.2, 0.25) is 0 Å². The molecule has 5 aliphatic carbocycles. The van der Waals surface area contributed by atoms with E-state index in [1.54, 1.807) is 12.1 Å². The fraction of sp³-hybridized carbons (Fsp3) is 0.250. The Morgan fingerprint density at radius 3 is 2.29 bits per heavy atom. The number of nitrogens with one attached hydrogen (secondary N) is 2. The maximum absolute atomic E-state index is 12.7. The van der Waals surface area contributed by atoms with Crippen LogP contribution in [0.25, 0.3) is 68.1 Å². The molecule has 22 heteroatoms. The van der Waals surface area contributed by atoms with Crippen molar-refractivity contribution < 1.29 is 49.1 Å². The van der Waals surface area contributed by atoms with Crippen LogP contribution in [-0.2, 0) is 36.8 Å². The van der Waals surface area contributed by atoms with Crippen LogP contribution in [-0.4, -0.2) is 94.6 Å². The zero-order valence-electron chi connectivity index (χ0n) is 41.0. The third kappa shape index (κ3) is 7.55. The number of aromatic hydroxyl groups is 1. The van der Waals surface area contributed by atoms with Crippen molar-refractivity contribution >= 4 is 75.7 Å². The number of hydrogen-bond donors (Lipinski definition) is 7. The molecule has 0 spiro atoms. The van der Waals surface area contributed by atoms with E-state index < -0.39 is 67.9 Å². The molecule has 0 radical (unpaired) electrons. The van der Waals surface area contributed by atoms with Crippen LogP contribution in [0.15, 0.2) is 106 Å². The molecule has 8 bridgehead atoms. The maximum atomic E-state index is 12.7. The first-order chi connectivity index (χ1) is 37.1. The van der Waals surface area contributed by atoms with E-state index >= 15 is 0 Å². The monoisotopic (exact) mass is 1100 g/mol. The summed E-state index contributed by atoms with van der Waals surface area (Å²) in [6.45, 7) is 2.20. The largest absolute Gasteiger partial charge is 0.508 e. The van der Waals surface area contributed by atoms with Crippen LogP contribution in [0.3, 0.4) is 0 Å². The minimum atomic E-state index is -4.75. The normalized spacial score (nSPS) is 25.1. The predicted molar refractivity (Wildman–Crippen MR) is 285 cm³/mol. The van der Waals surface area contributed by atoms with Crippen LogP contribution >= 0.6 is 0 Å². The second-order valence-electron chi connectivity index (χ2n) is 21.3. The molecule has 78 heavy (non-hydrogen) atoms. The first-order valence-electron chi connectivity index (χ1n) is 25.2. The molecule has 0 amide bonds. The molecule has 14 rings (SSSR count). The number of aliphatic hydroxyl groups is 1. The van der Waals surface area contributed by atoms with E-state index in [-0.39, 0.29) is 79.3 Å². The minimum Gasteiger partial charge on any atom is -0.508 e. The highest BCUT2D eigenvalue weighted by Gasteiger charge is 2.61. The number of H-pyrrole nitrogens is 2. The number of aromatic nitrogens is 8. The van der Waals surface area contributed by atoms with Gasteiger partial charge in [0.15, 0.2) is 17.1 Å². The lowest BCUT2D eigenvalue weighted by atomic mass is 9.53. The average molecular weight is 1100 g/mol.